The molecule has 0 bridgehead atoms. The van der Waals surface area contributed by atoms with Gasteiger partial charge < -0.3 is 35.0 Å². The van der Waals surface area contributed by atoms with E-state index in [1.165, 1.54) is 11.1 Å². The molecule has 3 fully saturated rings. The molecule has 8 heteroatoms. The summed E-state index contributed by atoms with van der Waals surface area (Å²) in [5, 5.41) is 53.2. The Kier molecular flexibility index (Phi) is 9.09. The van der Waals surface area contributed by atoms with Crippen molar-refractivity contribution in [3.63, 3.8) is 0 Å². The second-order valence-corrected chi connectivity index (χ2v) is 16.5. The van der Waals surface area contributed by atoms with E-state index in [4.69, 9.17) is 9.47 Å². The zero-order chi connectivity index (χ0) is 32.6. The number of carboxylic acids is 1. The van der Waals surface area contributed by atoms with Gasteiger partial charge in [-0.25, -0.2) is 0 Å². The lowest BCUT2D eigenvalue weighted by Crippen LogP contribution is -2.60. The molecule has 2 saturated carbocycles. The number of allylic oxidation sites excluding steroid dienone is 2. The molecule has 0 aromatic rings. The minimum atomic E-state index is -1.40. The Morgan fingerprint density at radius 2 is 1.70 bits per heavy atom. The van der Waals surface area contributed by atoms with Crippen LogP contribution >= 0.6 is 0 Å². The van der Waals surface area contributed by atoms with Crippen LogP contribution in [0.25, 0.3) is 0 Å². The maximum absolute atomic E-state index is 12.9. The molecule has 0 aromatic heterocycles. The average molecular weight is 619 g/mol. The van der Waals surface area contributed by atoms with Crippen LogP contribution in [-0.4, -0.2) is 74.9 Å². The predicted molar refractivity (Wildman–Crippen MR) is 167 cm³/mol. The fourth-order valence-corrected chi connectivity index (χ4v) is 10.6. The highest BCUT2D eigenvalue weighted by Gasteiger charge is 2.66. The molecule has 5 N–H and O–H groups in total. The lowest BCUT2D eigenvalue weighted by molar-refractivity contribution is -0.285. The standard InChI is InChI=1S/C36H58O8/c1-19(2)20(3)9-10-21(31(41)42)22-11-16-36(8)28-23(12-15-35(22,36)7)34(6)14-13-27(38)33(4,5)26(34)17-25(28)44-32-30(40)29(39)24(37)18-43-32/h19,21-22,24-27,29-30,32,37-40H,3,9-18H2,1-2,4-8H3,(H,41,42). The van der Waals surface area contributed by atoms with Gasteiger partial charge in [-0.15, -0.1) is 0 Å². The van der Waals surface area contributed by atoms with Crippen molar-refractivity contribution in [2.45, 2.75) is 143 Å². The van der Waals surface area contributed by atoms with E-state index in [1.54, 1.807) is 0 Å². The molecule has 8 nitrogen and oxygen atoms in total. The molecule has 1 heterocycles. The van der Waals surface area contributed by atoms with Crippen molar-refractivity contribution in [3.05, 3.63) is 23.3 Å². The fourth-order valence-electron chi connectivity index (χ4n) is 10.6. The van der Waals surface area contributed by atoms with Crippen LogP contribution in [0.2, 0.25) is 0 Å². The van der Waals surface area contributed by atoms with Crippen LogP contribution in [0.15, 0.2) is 23.3 Å². The molecule has 5 rings (SSSR count). The van der Waals surface area contributed by atoms with Crippen LogP contribution in [-0.2, 0) is 14.3 Å². The molecule has 12 unspecified atom stereocenters. The molecule has 4 aliphatic carbocycles. The van der Waals surface area contributed by atoms with Gasteiger partial charge in [0.15, 0.2) is 6.29 Å². The molecular formula is C36H58O8. The summed E-state index contributed by atoms with van der Waals surface area (Å²) in [5.41, 5.74) is 2.60. The molecule has 0 amide bonds. The van der Waals surface area contributed by atoms with Crippen molar-refractivity contribution in [3.8, 4) is 0 Å². The van der Waals surface area contributed by atoms with Crippen molar-refractivity contribution in [1.29, 1.82) is 0 Å². The smallest absolute Gasteiger partial charge is 0.306 e. The number of hydrogen-bond donors (Lipinski definition) is 5. The zero-order valence-corrected chi connectivity index (χ0v) is 28.0. The van der Waals surface area contributed by atoms with Crippen LogP contribution in [0.4, 0.5) is 0 Å². The number of ether oxygens (including phenoxy) is 2. The van der Waals surface area contributed by atoms with E-state index in [9.17, 15) is 30.3 Å². The van der Waals surface area contributed by atoms with E-state index in [2.05, 4.69) is 55.0 Å². The van der Waals surface area contributed by atoms with Crippen molar-refractivity contribution in [2.75, 3.05) is 6.61 Å². The van der Waals surface area contributed by atoms with Crippen molar-refractivity contribution < 1.29 is 39.8 Å². The van der Waals surface area contributed by atoms with E-state index < -0.39 is 48.7 Å². The highest BCUT2D eigenvalue weighted by Crippen LogP contribution is 2.73. The molecule has 1 aliphatic heterocycles. The van der Waals surface area contributed by atoms with Gasteiger partial charge in [0.05, 0.1) is 24.7 Å². The van der Waals surface area contributed by atoms with Crippen LogP contribution in [0, 0.1) is 45.3 Å². The van der Waals surface area contributed by atoms with Crippen LogP contribution in [0.3, 0.4) is 0 Å². The maximum atomic E-state index is 12.9. The van der Waals surface area contributed by atoms with E-state index in [0.717, 1.165) is 44.1 Å². The third kappa shape index (κ3) is 5.14. The molecule has 250 valence electrons. The summed E-state index contributed by atoms with van der Waals surface area (Å²) in [6, 6.07) is 0. The van der Waals surface area contributed by atoms with Gasteiger partial charge in [-0.2, -0.15) is 0 Å². The first-order valence-corrected chi connectivity index (χ1v) is 17.0. The number of fused-ring (bicyclic) bond motifs is 4. The summed E-state index contributed by atoms with van der Waals surface area (Å²) in [4.78, 5) is 12.9. The number of aliphatic hydroxyl groups is 4. The van der Waals surface area contributed by atoms with Crippen LogP contribution < -0.4 is 0 Å². The number of carboxylic acid groups (broad SMARTS) is 1. The van der Waals surface area contributed by atoms with Gasteiger partial charge in [0, 0.05) is 0 Å². The van der Waals surface area contributed by atoms with Crippen LogP contribution in [0.1, 0.15) is 106 Å². The molecule has 5 aliphatic rings. The van der Waals surface area contributed by atoms with E-state index >= 15 is 0 Å². The van der Waals surface area contributed by atoms with Gasteiger partial charge in [-0.3, -0.25) is 4.79 Å². The highest BCUT2D eigenvalue weighted by molar-refractivity contribution is 5.71. The Morgan fingerprint density at radius 3 is 2.34 bits per heavy atom. The summed E-state index contributed by atoms with van der Waals surface area (Å²) in [6.45, 7) is 19.6. The lowest BCUT2D eigenvalue weighted by atomic mass is 9.42. The van der Waals surface area contributed by atoms with Gasteiger partial charge >= 0.3 is 5.97 Å². The minimum absolute atomic E-state index is 0.00306. The SMILES string of the molecule is C=C(CCC(C(=O)O)C1CCC2(C)C3=C(CCC12C)C1(C)CCC(O)C(C)(C)C1CC3OC1OCC(O)C(O)C1O)C(C)C. The summed E-state index contributed by atoms with van der Waals surface area (Å²) < 4.78 is 12.5. The highest BCUT2D eigenvalue weighted by atomic mass is 16.7. The molecule has 0 spiro atoms. The predicted octanol–water partition coefficient (Wildman–Crippen LogP) is 5.22. The summed E-state index contributed by atoms with van der Waals surface area (Å²) in [5.74, 6) is -0.745. The summed E-state index contributed by atoms with van der Waals surface area (Å²) in [7, 11) is 0. The van der Waals surface area contributed by atoms with Crippen LogP contribution in [0.5, 0.6) is 0 Å². The van der Waals surface area contributed by atoms with Gasteiger partial charge in [0.1, 0.15) is 18.3 Å². The Morgan fingerprint density at radius 1 is 1.02 bits per heavy atom. The molecule has 1 saturated heterocycles. The number of aliphatic carboxylic acids is 1. The number of hydrogen-bond acceptors (Lipinski definition) is 7. The Labute approximate surface area is 263 Å². The Balaban J connectivity index is 1.57. The van der Waals surface area contributed by atoms with E-state index in [1.807, 2.05) is 0 Å². The lowest BCUT2D eigenvalue weighted by Gasteiger charge is -2.63. The Bertz CT molecular complexity index is 1160. The van der Waals surface area contributed by atoms with Gasteiger partial charge in [-0.05, 0) is 103 Å². The first kappa shape index (κ1) is 34.1. The van der Waals surface area contributed by atoms with Gasteiger partial charge in [0.2, 0.25) is 0 Å². The topological polar surface area (TPSA) is 137 Å². The number of carbonyl (C=O) groups is 1. The zero-order valence-electron chi connectivity index (χ0n) is 28.0. The summed E-state index contributed by atoms with van der Waals surface area (Å²) >= 11 is 0. The van der Waals surface area contributed by atoms with Crippen molar-refractivity contribution >= 4 is 5.97 Å². The fraction of sp³-hybridized carbons (Fsp3) is 0.861. The average Bonchev–Trinajstić information content (AvgIpc) is 3.22. The van der Waals surface area contributed by atoms with Gasteiger partial charge in [-0.1, -0.05) is 66.2 Å². The molecular weight excluding hydrogens is 560 g/mol. The first-order valence-electron chi connectivity index (χ1n) is 17.0. The molecule has 0 radical (unpaired) electrons. The third-order valence-electron chi connectivity index (χ3n) is 13.9. The largest absolute Gasteiger partial charge is 0.481 e. The molecule has 44 heavy (non-hydrogen) atoms. The maximum Gasteiger partial charge on any atom is 0.306 e. The van der Waals surface area contributed by atoms with E-state index in [0.29, 0.717) is 25.2 Å². The number of rotatable bonds is 8. The van der Waals surface area contributed by atoms with Crippen molar-refractivity contribution in [2.24, 2.45) is 45.3 Å². The second-order valence-electron chi connectivity index (χ2n) is 16.5. The number of aliphatic hydroxyl groups excluding tert-OH is 4. The van der Waals surface area contributed by atoms with E-state index in [-0.39, 0.29) is 40.1 Å². The first-order chi connectivity index (χ1) is 20.4. The molecule has 0 aromatic carbocycles. The normalized spacial score (nSPS) is 45.8. The summed E-state index contributed by atoms with van der Waals surface area (Å²) in [6.07, 6.45) is 1.03. The quantitative estimate of drug-likeness (QED) is 0.234. The molecule has 12 atom stereocenters. The monoisotopic (exact) mass is 618 g/mol. The Hall–Kier alpha value is -1.29. The second kappa shape index (κ2) is 11.7. The van der Waals surface area contributed by atoms with Gasteiger partial charge in [0.25, 0.3) is 0 Å². The minimum Gasteiger partial charge on any atom is -0.481 e. The van der Waals surface area contributed by atoms with Crippen molar-refractivity contribution in [1.82, 2.24) is 0 Å². The third-order valence-corrected chi connectivity index (χ3v) is 13.9.